The number of aliphatic hydroxyl groups is 1. The molecule has 0 spiro atoms. The molecule has 1 N–H and O–H groups in total. The highest BCUT2D eigenvalue weighted by Crippen LogP contribution is 2.45. The lowest BCUT2D eigenvalue weighted by molar-refractivity contribution is -0.132. The average molecular weight is 589 g/mol. The predicted octanol–water partition coefficient (Wildman–Crippen LogP) is 7.42. The first-order valence-electron chi connectivity index (χ1n) is 10.9. The van der Waals surface area contributed by atoms with Gasteiger partial charge in [-0.1, -0.05) is 106 Å². The molecule has 0 saturated carbocycles. The highest BCUT2D eigenvalue weighted by atomic mass is 35.5. The number of aliphatic hydroxyl groups excluding tert-OH is 1. The number of ketones is 1. The van der Waals surface area contributed by atoms with E-state index in [4.69, 9.17) is 34.8 Å². The molecule has 2 heterocycles. The minimum atomic E-state index is -0.975. The number of aromatic nitrogens is 2. The second-order valence-corrected chi connectivity index (χ2v) is 11.4. The summed E-state index contributed by atoms with van der Waals surface area (Å²) in [5.74, 6) is -1.32. The third-order valence-electron chi connectivity index (χ3n) is 5.63. The molecule has 6 nitrogen and oxygen atoms in total. The molecule has 5 rings (SSSR count). The number of carbonyl (C=O) groups excluding carboxylic acids is 2. The molecule has 37 heavy (non-hydrogen) atoms. The van der Waals surface area contributed by atoms with Crippen LogP contribution >= 0.6 is 57.9 Å². The molecular weight excluding hydrogens is 573 g/mol. The highest BCUT2D eigenvalue weighted by Gasteiger charge is 2.48. The summed E-state index contributed by atoms with van der Waals surface area (Å²) in [5, 5.41) is 21.0. The van der Waals surface area contributed by atoms with Crippen LogP contribution in [0.3, 0.4) is 0 Å². The minimum absolute atomic E-state index is 0.0693. The quantitative estimate of drug-likeness (QED) is 0.0830. The largest absolute Gasteiger partial charge is 0.507 e. The number of carbonyl (C=O) groups is 2. The lowest BCUT2D eigenvalue weighted by Gasteiger charge is -2.22. The zero-order valence-corrected chi connectivity index (χ0v) is 22.7. The number of rotatable bonds is 6. The molecule has 11 heteroatoms. The molecule has 3 aromatic carbocycles. The van der Waals surface area contributed by atoms with Crippen molar-refractivity contribution in [1.29, 1.82) is 0 Å². The third kappa shape index (κ3) is 5.26. The molecule has 0 bridgehead atoms. The Morgan fingerprint density at radius 3 is 2.38 bits per heavy atom. The van der Waals surface area contributed by atoms with Gasteiger partial charge in [-0.2, -0.15) is 0 Å². The van der Waals surface area contributed by atoms with Crippen molar-refractivity contribution in [2.24, 2.45) is 0 Å². The highest BCUT2D eigenvalue weighted by molar-refractivity contribution is 8.00. The molecule has 4 aromatic rings. The summed E-state index contributed by atoms with van der Waals surface area (Å²) in [5.41, 5.74) is 1.88. The van der Waals surface area contributed by atoms with E-state index in [9.17, 15) is 14.7 Å². The zero-order chi connectivity index (χ0) is 26.1. The van der Waals surface area contributed by atoms with Gasteiger partial charge in [-0.15, -0.1) is 10.2 Å². The van der Waals surface area contributed by atoms with E-state index in [2.05, 4.69) is 10.2 Å². The number of thioether (sulfide) groups is 1. The Bertz CT molecular complexity index is 1530. The third-order valence-corrected chi connectivity index (χ3v) is 8.75. The van der Waals surface area contributed by atoms with Crippen LogP contribution in [-0.4, -0.2) is 27.0 Å². The normalized spacial score (nSPS) is 16.9. The van der Waals surface area contributed by atoms with E-state index >= 15 is 0 Å². The Balaban J connectivity index is 1.54. The molecule has 1 aliphatic rings. The molecule has 1 fully saturated rings. The number of amides is 1. The van der Waals surface area contributed by atoms with Crippen LogP contribution in [0.4, 0.5) is 5.13 Å². The second-order valence-electron chi connectivity index (χ2n) is 7.97. The summed E-state index contributed by atoms with van der Waals surface area (Å²) in [7, 11) is 0. The van der Waals surface area contributed by atoms with E-state index < -0.39 is 17.7 Å². The van der Waals surface area contributed by atoms with Crippen molar-refractivity contribution < 1.29 is 14.7 Å². The summed E-state index contributed by atoms with van der Waals surface area (Å²) in [4.78, 5) is 27.8. The maximum absolute atomic E-state index is 13.3. The fourth-order valence-corrected chi connectivity index (χ4v) is 6.12. The van der Waals surface area contributed by atoms with E-state index in [1.54, 1.807) is 48.5 Å². The van der Waals surface area contributed by atoms with Gasteiger partial charge in [0.25, 0.3) is 5.78 Å². The van der Waals surface area contributed by atoms with E-state index in [-0.39, 0.29) is 21.5 Å². The van der Waals surface area contributed by atoms with Gasteiger partial charge in [0.15, 0.2) is 4.34 Å². The molecule has 1 atom stereocenters. The number of anilines is 1. The number of benzene rings is 3. The van der Waals surface area contributed by atoms with Crippen LogP contribution in [0.1, 0.15) is 22.7 Å². The van der Waals surface area contributed by atoms with Crippen molar-refractivity contribution >= 4 is 80.5 Å². The van der Waals surface area contributed by atoms with Gasteiger partial charge in [0.1, 0.15) is 5.76 Å². The van der Waals surface area contributed by atoms with Crippen molar-refractivity contribution in [1.82, 2.24) is 10.2 Å². The molecule has 1 aromatic heterocycles. The van der Waals surface area contributed by atoms with Crippen molar-refractivity contribution in [2.75, 3.05) is 4.90 Å². The first-order valence-corrected chi connectivity index (χ1v) is 13.8. The molecule has 1 saturated heterocycles. The summed E-state index contributed by atoms with van der Waals surface area (Å²) in [6, 6.07) is 19.9. The molecule has 1 aliphatic heterocycles. The first-order chi connectivity index (χ1) is 17.8. The summed E-state index contributed by atoms with van der Waals surface area (Å²) in [6.07, 6.45) is 0. The minimum Gasteiger partial charge on any atom is -0.507 e. The first kappa shape index (κ1) is 25.8. The van der Waals surface area contributed by atoms with Crippen LogP contribution in [-0.2, 0) is 15.3 Å². The molecular formula is C26H16Cl3N3O3S2. The van der Waals surface area contributed by atoms with Crippen LogP contribution in [0.2, 0.25) is 15.1 Å². The maximum Gasteiger partial charge on any atom is 0.301 e. The van der Waals surface area contributed by atoms with E-state index in [0.29, 0.717) is 31.3 Å². The van der Waals surface area contributed by atoms with Gasteiger partial charge in [0.05, 0.1) is 21.7 Å². The number of hydrogen-bond donors (Lipinski definition) is 1. The van der Waals surface area contributed by atoms with Gasteiger partial charge in [0.2, 0.25) is 5.13 Å². The van der Waals surface area contributed by atoms with E-state index in [1.165, 1.54) is 28.0 Å². The lowest BCUT2D eigenvalue weighted by atomic mass is 9.95. The van der Waals surface area contributed by atoms with Crippen LogP contribution in [0, 0.1) is 0 Å². The monoisotopic (exact) mass is 587 g/mol. The predicted molar refractivity (Wildman–Crippen MR) is 149 cm³/mol. The topological polar surface area (TPSA) is 83.4 Å². The number of nitrogens with zero attached hydrogens (tertiary/aromatic N) is 3. The van der Waals surface area contributed by atoms with Crippen LogP contribution in [0.25, 0.3) is 5.76 Å². The smallest absolute Gasteiger partial charge is 0.301 e. The average Bonchev–Trinajstić information content (AvgIpc) is 3.47. The number of hydrogen-bond acceptors (Lipinski definition) is 7. The molecule has 1 unspecified atom stereocenters. The summed E-state index contributed by atoms with van der Waals surface area (Å²) in [6.45, 7) is 0. The standard InChI is InChI=1S/C26H16Cl3N3O3S2/c27-17-9-6-14(7-10-17)13-36-26-31-30-25(37-26)32-21(16-8-11-18(28)19(29)12-16)20(23(34)24(32)35)22(33)15-4-2-1-3-5-15/h1-12,21,33H,13H2/b22-20-. The van der Waals surface area contributed by atoms with Crippen molar-refractivity contribution in [3.05, 3.63) is 110 Å². The summed E-state index contributed by atoms with van der Waals surface area (Å²) < 4.78 is 0.614. The fraction of sp³-hybridized carbons (Fsp3) is 0.0769. The van der Waals surface area contributed by atoms with Gasteiger partial charge >= 0.3 is 5.91 Å². The Morgan fingerprint density at radius 2 is 1.68 bits per heavy atom. The van der Waals surface area contributed by atoms with Gasteiger partial charge in [-0.25, -0.2) is 0 Å². The van der Waals surface area contributed by atoms with Crippen LogP contribution in [0.15, 0.2) is 82.7 Å². The van der Waals surface area contributed by atoms with Crippen molar-refractivity contribution in [2.45, 2.75) is 16.1 Å². The molecule has 0 aliphatic carbocycles. The molecule has 1 amide bonds. The maximum atomic E-state index is 13.3. The zero-order valence-electron chi connectivity index (χ0n) is 18.8. The molecule has 0 radical (unpaired) electrons. The van der Waals surface area contributed by atoms with Gasteiger partial charge in [-0.3, -0.25) is 14.5 Å². The van der Waals surface area contributed by atoms with E-state index in [1.807, 2.05) is 24.3 Å². The molecule has 186 valence electrons. The Hall–Kier alpha value is -2.88. The van der Waals surface area contributed by atoms with Gasteiger partial charge < -0.3 is 5.11 Å². The SMILES string of the molecule is O=C1C(=O)N(c2nnc(SCc3ccc(Cl)cc3)s2)C(c2ccc(Cl)c(Cl)c2)/C1=C(/O)c1ccccc1. The van der Waals surface area contributed by atoms with E-state index in [0.717, 1.165) is 5.56 Å². The van der Waals surface area contributed by atoms with Crippen molar-refractivity contribution in [3.63, 3.8) is 0 Å². The number of Topliss-reactive ketones (excluding diaryl/α,β-unsaturated/α-hetero) is 1. The van der Waals surface area contributed by atoms with Gasteiger partial charge in [-0.05, 0) is 35.4 Å². The van der Waals surface area contributed by atoms with Crippen LogP contribution < -0.4 is 4.90 Å². The second kappa shape index (κ2) is 10.8. The Kier molecular flexibility index (Phi) is 7.55. The number of halogens is 3. The summed E-state index contributed by atoms with van der Waals surface area (Å²) >= 11 is 21.0. The van der Waals surface area contributed by atoms with Gasteiger partial charge in [0, 0.05) is 16.3 Å². The fourth-order valence-electron chi connectivity index (χ4n) is 3.86. The Labute approximate surface area is 235 Å². The lowest BCUT2D eigenvalue weighted by Crippen LogP contribution is -2.29. The van der Waals surface area contributed by atoms with Crippen LogP contribution in [0.5, 0.6) is 0 Å². The van der Waals surface area contributed by atoms with Crippen molar-refractivity contribution in [3.8, 4) is 0 Å². The Morgan fingerprint density at radius 1 is 0.946 bits per heavy atom.